The molecular weight excluding hydrogens is 640 g/mol. The molecule has 9 unspecified atom stereocenters. The van der Waals surface area contributed by atoms with Crippen LogP contribution in [0.3, 0.4) is 0 Å². The molecule has 2 aliphatic carbocycles. The van der Waals surface area contributed by atoms with Crippen LogP contribution in [0.25, 0.3) is 0 Å². The molecule has 0 amide bonds. The predicted octanol–water partition coefficient (Wildman–Crippen LogP) is 9.90. The Balaban J connectivity index is 1.30. The maximum atomic E-state index is 13.3. The molecule has 2 heterocycles. The van der Waals surface area contributed by atoms with E-state index in [0.717, 1.165) is 103 Å². The second-order valence-electron chi connectivity index (χ2n) is 15.5. The van der Waals surface area contributed by atoms with E-state index in [0.29, 0.717) is 36.9 Å². The first kappa shape index (κ1) is 39.9. The van der Waals surface area contributed by atoms with Crippen molar-refractivity contribution in [3.05, 3.63) is 71.3 Å². The SMILES string of the molecule is CC=CC(CC(CCC=C(C)C)C1C(OC2CCCCO2)CC2C=C(C(CCCCOCc3ccccc3)C(=O)OC)CC21)OC1CCCCO1. The highest BCUT2D eigenvalue weighted by molar-refractivity contribution is 5.76. The first-order valence-corrected chi connectivity index (χ1v) is 20.2. The highest BCUT2D eigenvalue weighted by Crippen LogP contribution is 2.54. The van der Waals surface area contributed by atoms with Gasteiger partial charge in [0.15, 0.2) is 12.6 Å². The van der Waals surface area contributed by atoms with Crippen molar-refractivity contribution in [1.29, 1.82) is 0 Å². The highest BCUT2D eigenvalue weighted by atomic mass is 16.7. The molecule has 1 aromatic carbocycles. The Hall–Kier alpha value is -2.29. The second kappa shape index (κ2) is 21.4. The van der Waals surface area contributed by atoms with Crippen molar-refractivity contribution in [2.45, 2.75) is 142 Å². The molecule has 284 valence electrons. The molecule has 2 saturated heterocycles. The molecule has 1 saturated carbocycles. The fraction of sp³-hybridized carbons (Fsp3) is 0.705. The lowest BCUT2D eigenvalue weighted by Crippen LogP contribution is -2.37. The number of hydrogen-bond acceptors (Lipinski definition) is 7. The van der Waals surface area contributed by atoms with Gasteiger partial charge in [-0.3, -0.25) is 4.79 Å². The summed E-state index contributed by atoms with van der Waals surface area (Å²) >= 11 is 0. The molecule has 0 radical (unpaired) electrons. The minimum atomic E-state index is -0.205. The van der Waals surface area contributed by atoms with Crippen LogP contribution in [0.4, 0.5) is 0 Å². The van der Waals surface area contributed by atoms with Crippen LogP contribution in [0.5, 0.6) is 0 Å². The first-order valence-electron chi connectivity index (χ1n) is 20.2. The number of methoxy groups -OCH3 is 1. The van der Waals surface area contributed by atoms with Crippen LogP contribution in [-0.2, 0) is 39.8 Å². The number of ether oxygens (including phenoxy) is 6. The summed E-state index contributed by atoms with van der Waals surface area (Å²) in [5, 5.41) is 0. The number of allylic oxidation sites excluding steroid dienone is 4. The summed E-state index contributed by atoms with van der Waals surface area (Å²) in [4.78, 5) is 13.3. The van der Waals surface area contributed by atoms with Gasteiger partial charge in [0.2, 0.25) is 0 Å². The van der Waals surface area contributed by atoms with Gasteiger partial charge in [0.1, 0.15) is 0 Å². The number of unbranched alkanes of at least 4 members (excludes halogenated alkanes) is 1. The Labute approximate surface area is 308 Å². The number of rotatable bonds is 20. The zero-order valence-electron chi connectivity index (χ0n) is 32.0. The van der Waals surface area contributed by atoms with Crippen LogP contribution in [0, 0.1) is 29.6 Å². The average molecular weight is 707 g/mol. The van der Waals surface area contributed by atoms with Crippen LogP contribution in [0.1, 0.15) is 116 Å². The fourth-order valence-electron chi connectivity index (χ4n) is 9.00. The Morgan fingerprint density at radius 2 is 1.75 bits per heavy atom. The average Bonchev–Trinajstić information content (AvgIpc) is 3.69. The third kappa shape index (κ3) is 12.4. The molecule has 3 fully saturated rings. The van der Waals surface area contributed by atoms with Gasteiger partial charge in [-0.15, -0.1) is 0 Å². The Kier molecular flexibility index (Phi) is 16.8. The zero-order chi connectivity index (χ0) is 35.8. The van der Waals surface area contributed by atoms with Gasteiger partial charge < -0.3 is 28.4 Å². The van der Waals surface area contributed by atoms with Crippen LogP contribution in [0.15, 0.2) is 65.8 Å². The van der Waals surface area contributed by atoms with Gasteiger partial charge >= 0.3 is 5.97 Å². The van der Waals surface area contributed by atoms with Crippen molar-refractivity contribution in [1.82, 2.24) is 0 Å². The van der Waals surface area contributed by atoms with Gasteiger partial charge in [-0.25, -0.2) is 0 Å². The lowest BCUT2D eigenvalue weighted by atomic mass is 9.74. The highest BCUT2D eigenvalue weighted by Gasteiger charge is 2.51. The van der Waals surface area contributed by atoms with Gasteiger partial charge in [0, 0.05) is 19.8 Å². The smallest absolute Gasteiger partial charge is 0.312 e. The zero-order valence-corrected chi connectivity index (χ0v) is 32.0. The number of carbonyl (C=O) groups is 1. The van der Waals surface area contributed by atoms with Gasteiger partial charge in [0.25, 0.3) is 0 Å². The van der Waals surface area contributed by atoms with Crippen molar-refractivity contribution in [2.24, 2.45) is 29.6 Å². The number of hydrogen-bond donors (Lipinski definition) is 0. The van der Waals surface area contributed by atoms with E-state index >= 15 is 0 Å². The van der Waals surface area contributed by atoms with Crippen LogP contribution in [-0.4, -0.2) is 57.7 Å². The third-order valence-corrected chi connectivity index (χ3v) is 11.5. The van der Waals surface area contributed by atoms with Crippen molar-refractivity contribution in [3.63, 3.8) is 0 Å². The van der Waals surface area contributed by atoms with E-state index in [2.05, 4.69) is 57.2 Å². The monoisotopic (exact) mass is 706 g/mol. The molecular formula is C44H66O7. The number of fused-ring (bicyclic) bond motifs is 1. The quantitative estimate of drug-likeness (QED) is 0.0759. The van der Waals surface area contributed by atoms with Crippen LogP contribution >= 0.6 is 0 Å². The molecule has 1 aromatic rings. The van der Waals surface area contributed by atoms with Crippen LogP contribution in [0.2, 0.25) is 0 Å². The molecule has 7 nitrogen and oxygen atoms in total. The minimum Gasteiger partial charge on any atom is -0.469 e. The standard InChI is InChI=1S/C44H66O7/c1-5-16-37(50-41-22-10-13-25-48-41)28-34(20-15-17-32(2)3)43-39-29-35(27-36(39)30-40(43)51-42-23-11-14-26-49-42)38(44(45)46-4)21-9-12-24-47-31-33-18-7-6-8-19-33/h5-8,16-19,27,34,36-43H,9-15,20-26,28-31H2,1-4H3. The molecule has 7 heteroatoms. The number of benzene rings is 1. The molecule has 51 heavy (non-hydrogen) atoms. The third-order valence-electron chi connectivity index (χ3n) is 11.5. The summed E-state index contributed by atoms with van der Waals surface area (Å²) in [5.74, 6) is 1.22. The number of carbonyl (C=O) groups excluding carboxylic acids is 1. The molecule has 0 spiro atoms. The summed E-state index contributed by atoms with van der Waals surface area (Å²) in [6.07, 6.45) is 23.0. The summed E-state index contributed by atoms with van der Waals surface area (Å²) < 4.78 is 37.2. The molecule has 2 aliphatic heterocycles. The Morgan fingerprint density at radius 1 is 0.980 bits per heavy atom. The van der Waals surface area contributed by atoms with E-state index in [4.69, 9.17) is 28.4 Å². The van der Waals surface area contributed by atoms with Gasteiger partial charge in [0.05, 0.1) is 31.8 Å². The normalized spacial score (nSPS) is 28.2. The van der Waals surface area contributed by atoms with Crippen molar-refractivity contribution >= 4 is 5.97 Å². The van der Waals surface area contributed by atoms with Crippen molar-refractivity contribution < 1.29 is 33.2 Å². The fourth-order valence-corrected chi connectivity index (χ4v) is 9.00. The van der Waals surface area contributed by atoms with Crippen molar-refractivity contribution in [3.8, 4) is 0 Å². The van der Waals surface area contributed by atoms with Gasteiger partial charge in [-0.2, -0.15) is 0 Å². The molecule has 0 aromatic heterocycles. The lowest BCUT2D eigenvalue weighted by molar-refractivity contribution is -0.203. The summed E-state index contributed by atoms with van der Waals surface area (Å²) in [7, 11) is 1.53. The first-order chi connectivity index (χ1) is 24.9. The van der Waals surface area contributed by atoms with Crippen molar-refractivity contribution in [2.75, 3.05) is 26.9 Å². The maximum absolute atomic E-state index is 13.3. The van der Waals surface area contributed by atoms with E-state index in [1.165, 1.54) is 23.8 Å². The van der Waals surface area contributed by atoms with E-state index in [-0.39, 0.29) is 36.7 Å². The summed E-state index contributed by atoms with van der Waals surface area (Å²) in [5.41, 5.74) is 3.80. The summed E-state index contributed by atoms with van der Waals surface area (Å²) in [6.45, 7) is 9.32. The molecule has 9 atom stereocenters. The van der Waals surface area contributed by atoms with E-state index in [1.807, 2.05) is 18.2 Å². The minimum absolute atomic E-state index is 0.0128. The molecule has 0 N–H and O–H groups in total. The largest absolute Gasteiger partial charge is 0.469 e. The van der Waals surface area contributed by atoms with Gasteiger partial charge in [-0.05, 0) is 140 Å². The maximum Gasteiger partial charge on any atom is 0.312 e. The molecule has 0 bridgehead atoms. The van der Waals surface area contributed by atoms with Gasteiger partial charge in [-0.1, -0.05) is 65.8 Å². The Bertz CT molecular complexity index is 1240. The lowest BCUT2D eigenvalue weighted by Gasteiger charge is -2.37. The van der Waals surface area contributed by atoms with Crippen LogP contribution < -0.4 is 0 Å². The molecule has 4 aliphatic rings. The molecule has 5 rings (SSSR count). The Morgan fingerprint density at radius 3 is 2.43 bits per heavy atom. The summed E-state index contributed by atoms with van der Waals surface area (Å²) in [6, 6.07) is 10.3. The predicted molar refractivity (Wildman–Crippen MR) is 202 cm³/mol. The second-order valence-corrected chi connectivity index (χ2v) is 15.5. The topological polar surface area (TPSA) is 72.5 Å². The van der Waals surface area contributed by atoms with E-state index in [9.17, 15) is 4.79 Å². The number of esters is 1. The van der Waals surface area contributed by atoms with E-state index in [1.54, 1.807) is 0 Å². The van der Waals surface area contributed by atoms with E-state index < -0.39 is 0 Å².